The van der Waals surface area contributed by atoms with Crippen molar-refractivity contribution in [3.8, 4) is 5.75 Å². The number of methoxy groups -OCH3 is 1. The molecular formula is C24H36N4O4. The monoisotopic (exact) mass is 444 g/mol. The molecule has 8 heteroatoms. The topological polar surface area (TPSA) is 85.2 Å². The summed E-state index contributed by atoms with van der Waals surface area (Å²) in [7, 11) is 3.60. The molecule has 3 aliphatic rings. The molecule has 2 aromatic heterocycles. The molecule has 2 saturated heterocycles. The molecule has 1 saturated carbocycles. The lowest BCUT2D eigenvalue weighted by Gasteiger charge is -2.51. The van der Waals surface area contributed by atoms with Gasteiger partial charge in [-0.05, 0) is 72.1 Å². The number of hydrogen-bond donors (Lipinski definition) is 1. The smallest absolute Gasteiger partial charge is 0.410 e. The van der Waals surface area contributed by atoms with Gasteiger partial charge in [0.25, 0.3) is 0 Å². The van der Waals surface area contributed by atoms with Crippen LogP contribution in [0.1, 0.15) is 46.9 Å². The summed E-state index contributed by atoms with van der Waals surface area (Å²) in [6, 6.07) is 3.90. The van der Waals surface area contributed by atoms with Crippen LogP contribution in [0, 0.1) is 17.8 Å². The van der Waals surface area contributed by atoms with Crippen LogP contribution in [0.25, 0.3) is 5.52 Å². The van der Waals surface area contributed by atoms with Gasteiger partial charge in [-0.25, -0.2) is 9.78 Å². The third-order valence-electron chi connectivity index (χ3n) is 6.35. The predicted octanol–water partition coefficient (Wildman–Crippen LogP) is 3.49. The summed E-state index contributed by atoms with van der Waals surface area (Å²) in [4.78, 5) is 28.8. The van der Waals surface area contributed by atoms with Crippen LogP contribution in [0.3, 0.4) is 0 Å². The molecule has 1 aliphatic carbocycles. The van der Waals surface area contributed by atoms with E-state index in [1.165, 1.54) is 0 Å². The molecule has 2 bridgehead atoms. The van der Waals surface area contributed by atoms with Gasteiger partial charge in [0.2, 0.25) is 0 Å². The summed E-state index contributed by atoms with van der Waals surface area (Å²) in [6.07, 6.45) is 5.73. The van der Waals surface area contributed by atoms with Crippen molar-refractivity contribution in [2.75, 3.05) is 27.2 Å². The predicted molar refractivity (Wildman–Crippen MR) is 123 cm³/mol. The van der Waals surface area contributed by atoms with Crippen molar-refractivity contribution in [3.63, 3.8) is 0 Å². The number of nitrogens with zero attached hydrogens (tertiary/aromatic N) is 3. The van der Waals surface area contributed by atoms with Gasteiger partial charge in [0.1, 0.15) is 29.0 Å². The summed E-state index contributed by atoms with van der Waals surface area (Å²) < 4.78 is 12.7. The first-order valence-corrected chi connectivity index (χ1v) is 11.1. The number of amides is 1. The Hall–Kier alpha value is -2.61. The summed E-state index contributed by atoms with van der Waals surface area (Å²) in [5.74, 6) is 2.73. The van der Waals surface area contributed by atoms with Gasteiger partial charge >= 0.3 is 6.09 Å². The molecule has 1 N–H and O–H groups in total. The van der Waals surface area contributed by atoms with Gasteiger partial charge < -0.3 is 24.5 Å². The van der Waals surface area contributed by atoms with Crippen LogP contribution in [0.5, 0.6) is 5.75 Å². The van der Waals surface area contributed by atoms with Crippen molar-refractivity contribution in [2.24, 2.45) is 17.8 Å². The second-order valence-corrected chi connectivity index (χ2v) is 10.1. The van der Waals surface area contributed by atoms with E-state index in [1.54, 1.807) is 12.0 Å². The van der Waals surface area contributed by atoms with E-state index in [4.69, 9.17) is 9.47 Å². The fourth-order valence-electron chi connectivity index (χ4n) is 4.37. The molecule has 0 spiro atoms. The third-order valence-corrected chi connectivity index (χ3v) is 6.35. The number of ether oxygens (including phenoxy) is 2. The van der Waals surface area contributed by atoms with Crippen molar-refractivity contribution < 1.29 is 19.1 Å². The Morgan fingerprint density at radius 2 is 1.88 bits per heavy atom. The maximum absolute atomic E-state index is 11.8. The molecular weight excluding hydrogens is 408 g/mol. The van der Waals surface area contributed by atoms with E-state index in [0.717, 1.165) is 29.8 Å². The Balaban J connectivity index is 0.000000181. The lowest BCUT2D eigenvalue weighted by atomic mass is 9.62. The first-order valence-electron chi connectivity index (χ1n) is 11.1. The van der Waals surface area contributed by atoms with Gasteiger partial charge in [0.05, 0.1) is 18.8 Å². The molecule has 1 amide bonds. The summed E-state index contributed by atoms with van der Waals surface area (Å²) >= 11 is 0. The number of aldehydes is 1. The van der Waals surface area contributed by atoms with Gasteiger partial charge in [-0.3, -0.25) is 4.40 Å². The number of aromatic nitrogens is 2. The molecule has 2 aromatic rings. The van der Waals surface area contributed by atoms with E-state index in [2.05, 4.69) is 28.5 Å². The highest BCUT2D eigenvalue weighted by atomic mass is 16.6. The summed E-state index contributed by atoms with van der Waals surface area (Å²) in [5, 5.41) is 3.25. The van der Waals surface area contributed by atoms with Crippen LogP contribution in [0.15, 0.2) is 24.5 Å². The number of carbonyl (C=O) groups is 2. The van der Waals surface area contributed by atoms with Crippen LogP contribution in [0.4, 0.5) is 4.79 Å². The fraction of sp³-hybridized carbons (Fsp3) is 0.625. The maximum atomic E-state index is 11.8. The van der Waals surface area contributed by atoms with Gasteiger partial charge in [-0.1, -0.05) is 0 Å². The van der Waals surface area contributed by atoms with Gasteiger partial charge in [-0.2, -0.15) is 0 Å². The lowest BCUT2D eigenvalue weighted by molar-refractivity contribution is -0.126. The number of hydrogen-bond acceptors (Lipinski definition) is 6. The van der Waals surface area contributed by atoms with Crippen LogP contribution in [0.2, 0.25) is 0 Å². The summed E-state index contributed by atoms with van der Waals surface area (Å²) in [6.45, 7) is 11.1. The minimum atomic E-state index is -0.442. The Morgan fingerprint density at radius 1 is 1.22 bits per heavy atom. The molecule has 2 unspecified atom stereocenters. The zero-order valence-electron chi connectivity index (χ0n) is 20.2. The zero-order valence-corrected chi connectivity index (χ0v) is 20.2. The number of rotatable bonds is 4. The van der Waals surface area contributed by atoms with Crippen LogP contribution in [-0.2, 0) is 15.1 Å². The standard InChI is InChI=1S/C12H17N3O.C12H19NO3/c1-12(2,13-3)11-14-8-9-10(16-4)6-5-7-15(9)11;1-12(2,3)16-11(15)13-5-8-4-9(6-13)10(8)7-14/h5-8,13H,1-4H3;7-10H,4-6H2,1-3H3. The van der Waals surface area contributed by atoms with Gasteiger partial charge in [0.15, 0.2) is 0 Å². The number of piperidine rings is 2. The second-order valence-electron chi connectivity index (χ2n) is 10.1. The van der Waals surface area contributed by atoms with Crippen LogP contribution < -0.4 is 10.1 Å². The SMILES string of the molecule is CC(C)(C)OC(=O)N1CC2CC(C1)C2C=O.CNC(C)(C)c1ncc2c(OC)cccn12. The number of carbonyl (C=O) groups excluding carboxylic acids is 2. The average molecular weight is 445 g/mol. The molecule has 2 atom stereocenters. The highest BCUT2D eigenvalue weighted by molar-refractivity contribution is 5.69. The van der Waals surface area contributed by atoms with E-state index in [1.807, 2.05) is 52.3 Å². The Morgan fingerprint density at radius 3 is 2.41 bits per heavy atom. The highest BCUT2D eigenvalue weighted by Gasteiger charge is 2.48. The van der Waals surface area contributed by atoms with Crippen LogP contribution >= 0.6 is 0 Å². The molecule has 2 aliphatic heterocycles. The minimum Gasteiger partial charge on any atom is -0.494 e. The molecule has 32 heavy (non-hydrogen) atoms. The number of nitrogens with one attached hydrogen (secondary N) is 1. The number of pyridine rings is 1. The Kier molecular flexibility index (Phi) is 6.83. The van der Waals surface area contributed by atoms with Crippen LogP contribution in [-0.4, -0.2) is 59.5 Å². The molecule has 0 aromatic carbocycles. The number of fused-ring (bicyclic) bond motifs is 3. The number of imidazole rings is 1. The molecule has 0 radical (unpaired) electrons. The summed E-state index contributed by atoms with van der Waals surface area (Å²) in [5.41, 5.74) is 0.380. The van der Waals surface area contributed by atoms with E-state index in [9.17, 15) is 9.59 Å². The first-order chi connectivity index (χ1) is 15.0. The minimum absolute atomic E-state index is 0.168. The van der Waals surface area contributed by atoms with Crippen molar-refractivity contribution in [2.45, 2.75) is 52.2 Å². The molecule has 8 nitrogen and oxygen atoms in total. The van der Waals surface area contributed by atoms with Gasteiger partial charge in [0, 0.05) is 25.2 Å². The lowest BCUT2D eigenvalue weighted by Crippen LogP contribution is -2.57. The maximum Gasteiger partial charge on any atom is 0.410 e. The van der Waals surface area contributed by atoms with Crippen molar-refractivity contribution in [3.05, 3.63) is 30.4 Å². The zero-order chi connectivity index (χ0) is 23.7. The van der Waals surface area contributed by atoms with Crippen molar-refractivity contribution >= 4 is 17.9 Å². The van der Waals surface area contributed by atoms with Crippen molar-refractivity contribution in [1.82, 2.24) is 19.6 Å². The second kappa shape index (κ2) is 9.10. The van der Waals surface area contributed by atoms with E-state index < -0.39 is 5.60 Å². The third kappa shape index (κ3) is 4.90. The fourth-order valence-corrected chi connectivity index (χ4v) is 4.37. The van der Waals surface area contributed by atoms with E-state index in [-0.39, 0.29) is 17.6 Å². The first kappa shape index (κ1) is 24.0. The Labute approximate surface area is 190 Å². The molecule has 4 heterocycles. The quantitative estimate of drug-likeness (QED) is 0.727. The van der Waals surface area contributed by atoms with E-state index >= 15 is 0 Å². The molecule has 176 valence electrons. The molecule has 3 fully saturated rings. The van der Waals surface area contributed by atoms with Gasteiger partial charge in [-0.15, -0.1) is 0 Å². The van der Waals surface area contributed by atoms with E-state index in [0.29, 0.717) is 24.9 Å². The highest BCUT2D eigenvalue weighted by Crippen LogP contribution is 2.44. The largest absolute Gasteiger partial charge is 0.494 e. The average Bonchev–Trinajstić information content (AvgIpc) is 3.18. The Bertz CT molecular complexity index is 951. The van der Waals surface area contributed by atoms with Crippen molar-refractivity contribution in [1.29, 1.82) is 0 Å². The molecule has 5 rings (SSSR count). The normalized spacial score (nSPS) is 22.5.